The molecule has 0 bridgehead atoms. The summed E-state index contributed by atoms with van der Waals surface area (Å²) in [5.41, 5.74) is 15.4. The van der Waals surface area contributed by atoms with Crippen LogP contribution in [0.15, 0.2) is 158 Å². The first-order valence-electron chi connectivity index (χ1n) is 16.0. The average molecular weight is 624 g/mol. The molecular formula is C41H33N7. The van der Waals surface area contributed by atoms with Crippen LogP contribution in [0, 0.1) is 6.92 Å². The lowest BCUT2D eigenvalue weighted by Crippen LogP contribution is -2.39. The van der Waals surface area contributed by atoms with Crippen molar-refractivity contribution in [1.29, 1.82) is 0 Å². The van der Waals surface area contributed by atoms with Crippen molar-refractivity contribution in [2.75, 3.05) is 5.73 Å². The fourth-order valence-corrected chi connectivity index (χ4v) is 6.77. The van der Waals surface area contributed by atoms with Crippen LogP contribution < -0.4 is 5.73 Å². The van der Waals surface area contributed by atoms with E-state index in [0.717, 1.165) is 61.5 Å². The number of tetrazole rings is 1. The van der Waals surface area contributed by atoms with E-state index in [2.05, 4.69) is 114 Å². The number of nitrogen functional groups attached to an aromatic ring is 1. The highest BCUT2D eigenvalue weighted by Crippen LogP contribution is 2.40. The molecule has 8 aromatic rings. The Morgan fingerprint density at radius 1 is 0.604 bits per heavy atom. The molecule has 48 heavy (non-hydrogen) atoms. The minimum atomic E-state index is -0.843. The highest BCUT2D eigenvalue weighted by molar-refractivity contribution is 5.88. The third-order valence-corrected chi connectivity index (χ3v) is 9.05. The molecule has 0 spiro atoms. The monoisotopic (exact) mass is 623 g/mol. The summed E-state index contributed by atoms with van der Waals surface area (Å²) in [5.74, 6) is 1.49. The molecule has 0 radical (unpaired) electrons. The van der Waals surface area contributed by atoms with Crippen molar-refractivity contribution in [3.63, 3.8) is 0 Å². The van der Waals surface area contributed by atoms with Crippen molar-refractivity contribution in [2.24, 2.45) is 0 Å². The predicted octanol–water partition coefficient (Wildman–Crippen LogP) is 8.14. The Hall–Kier alpha value is -6.34. The van der Waals surface area contributed by atoms with Gasteiger partial charge in [-0.15, -0.1) is 15.0 Å². The number of nitrogens with zero attached hydrogens (tertiary/aromatic N) is 6. The maximum Gasteiger partial charge on any atom is 0.205 e. The van der Waals surface area contributed by atoms with E-state index < -0.39 is 5.54 Å². The molecule has 0 saturated carbocycles. The van der Waals surface area contributed by atoms with Gasteiger partial charge in [-0.05, 0) is 57.7 Å². The molecule has 232 valence electrons. The van der Waals surface area contributed by atoms with Gasteiger partial charge in [-0.25, -0.2) is 4.98 Å². The molecule has 2 N–H and O–H groups in total. The summed E-state index contributed by atoms with van der Waals surface area (Å²) >= 11 is 0. The van der Waals surface area contributed by atoms with E-state index in [1.54, 1.807) is 4.80 Å². The number of hydrogen-bond donors (Lipinski definition) is 1. The Balaban J connectivity index is 1.20. The number of nitrogens with two attached hydrogens (primary N) is 1. The highest BCUT2D eigenvalue weighted by Gasteiger charge is 2.41. The summed E-state index contributed by atoms with van der Waals surface area (Å²) in [5, 5.41) is 14.6. The van der Waals surface area contributed by atoms with Gasteiger partial charge < -0.3 is 10.3 Å². The van der Waals surface area contributed by atoms with Crippen molar-refractivity contribution in [1.82, 2.24) is 29.8 Å². The van der Waals surface area contributed by atoms with Gasteiger partial charge in [0.2, 0.25) is 5.82 Å². The molecule has 0 amide bonds. The molecule has 0 unspecified atom stereocenters. The maximum atomic E-state index is 6.34. The minimum Gasteiger partial charge on any atom is -0.397 e. The second-order valence-corrected chi connectivity index (χ2v) is 11.9. The highest BCUT2D eigenvalue weighted by atomic mass is 15.6. The first-order chi connectivity index (χ1) is 23.6. The lowest BCUT2D eigenvalue weighted by Gasteiger charge is -2.34. The Morgan fingerprint density at radius 3 is 1.77 bits per heavy atom. The molecular weight excluding hydrogens is 591 g/mol. The number of rotatable bonds is 8. The zero-order valence-corrected chi connectivity index (χ0v) is 26.5. The summed E-state index contributed by atoms with van der Waals surface area (Å²) in [6.45, 7) is 2.70. The van der Waals surface area contributed by atoms with Gasteiger partial charge in [0.25, 0.3) is 0 Å². The number of aryl methyl sites for hydroxylation is 1. The van der Waals surface area contributed by atoms with E-state index in [4.69, 9.17) is 26.1 Å². The molecule has 0 aliphatic carbocycles. The SMILES string of the molecule is Cc1nc2cccc(N)c2n1Cc1ccc(-c2ccccc2-c2nnn(C(c3ccccc3)(c3ccccc3)c3ccccc3)n2)cc1. The van der Waals surface area contributed by atoms with Crippen LogP contribution in [-0.4, -0.2) is 29.8 Å². The van der Waals surface area contributed by atoms with E-state index in [1.165, 1.54) is 0 Å². The first kappa shape index (κ1) is 29.1. The molecule has 7 heteroatoms. The number of hydrogen-bond acceptors (Lipinski definition) is 5. The van der Waals surface area contributed by atoms with Crippen LogP contribution >= 0.6 is 0 Å². The molecule has 7 nitrogen and oxygen atoms in total. The van der Waals surface area contributed by atoms with Gasteiger partial charge in [0.15, 0.2) is 5.54 Å². The van der Waals surface area contributed by atoms with Gasteiger partial charge in [-0.2, -0.15) is 0 Å². The van der Waals surface area contributed by atoms with Crippen molar-refractivity contribution in [3.8, 4) is 22.5 Å². The lowest BCUT2D eigenvalue weighted by molar-refractivity contribution is 0.396. The third-order valence-electron chi connectivity index (χ3n) is 9.05. The van der Waals surface area contributed by atoms with E-state index >= 15 is 0 Å². The van der Waals surface area contributed by atoms with Gasteiger partial charge in [-0.1, -0.05) is 146 Å². The van der Waals surface area contributed by atoms with Crippen molar-refractivity contribution in [3.05, 3.63) is 186 Å². The maximum absolute atomic E-state index is 6.34. The second kappa shape index (κ2) is 12.1. The van der Waals surface area contributed by atoms with Crippen LogP contribution in [0.2, 0.25) is 0 Å². The van der Waals surface area contributed by atoms with Gasteiger partial charge in [0.1, 0.15) is 5.82 Å². The summed E-state index contributed by atoms with van der Waals surface area (Å²) in [6.07, 6.45) is 0. The summed E-state index contributed by atoms with van der Waals surface area (Å²) < 4.78 is 2.17. The van der Waals surface area contributed by atoms with Gasteiger partial charge in [-0.3, -0.25) is 0 Å². The fraction of sp³-hybridized carbons (Fsp3) is 0.0732. The Kier molecular flexibility index (Phi) is 7.34. The zero-order valence-electron chi connectivity index (χ0n) is 26.5. The fourth-order valence-electron chi connectivity index (χ4n) is 6.77. The smallest absolute Gasteiger partial charge is 0.205 e. The average Bonchev–Trinajstić information content (AvgIpc) is 3.76. The lowest BCUT2D eigenvalue weighted by atomic mass is 9.77. The Morgan fingerprint density at radius 2 is 1.17 bits per heavy atom. The van der Waals surface area contributed by atoms with Gasteiger partial charge >= 0.3 is 0 Å². The number of imidazole rings is 1. The number of fused-ring (bicyclic) bond motifs is 1. The molecule has 0 fully saturated rings. The Bertz CT molecular complexity index is 2230. The van der Waals surface area contributed by atoms with Crippen LogP contribution in [-0.2, 0) is 12.1 Å². The summed E-state index contributed by atoms with van der Waals surface area (Å²) in [4.78, 5) is 6.49. The van der Waals surface area contributed by atoms with Crippen molar-refractivity contribution in [2.45, 2.75) is 19.0 Å². The molecule has 0 aliphatic rings. The zero-order chi connectivity index (χ0) is 32.5. The normalized spacial score (nSPS) is 11.6. The molecule has 0 saturated heterocycles. The third kappa shape index (κ3) is 4.93. The van der Waals surface area contributed by atoms with Crippen LogP contribution in [0.25, 0.3) is 33.5 Å². The van der Waals surface area contributed by atoms with Crippen molar-refractivity contribution < 1.29 is 0 Å². The van der Waals surface area contributed by atoms with Crippen molar-refractivity contribution >= 4 is 16.7 Å². The van der Waals surface area contributed by atoms with E-state index in [1.807, 2.05) is 55.5 Å². The van der Waals surface area contributed by atoms with Crippen LogP contribution in [0.3, 0.4) is 0 Å². The van der Waals surface area contributed by atoms with Gasteiger partial charge in [0.05, 0.1) is 16.7 Å². The summed E-state index contributed by atoms with van der Waals surface area (Å²) in [7, 11) is 0. The summed E-state index contributed by atoms with van der Waals surface area (Å²) in [6, 6.07) is 53.9. The quantitative estimate of drug-likeness (QED) is 0.136. The van der Waals surface area contributed by atoms with E-state index in [9.17, 15) is 0 Å². The number of aromatic nitrogens is 6. The molecule has 0 aliphatic heterocycles. The van der Waals surface area contributed by atoms with Gasteiger partial charge in [0, 0.05) is 12.1 Å². The number of benzene rings is 6. The van der Waals surface area contributed by atoms with Crippen LogP contribution in [0.5, 0.6) is 0 Å². The Labute approximate surface area is 279 Å². The predicted molar refractivity (Wildman–Crippen MR) is 191 cm³/mol. The number of anilines is 1. The standard InChI is InChI=1S/C41H33N7/c1-29-43-38-23-13-22-37(42)39(38)47(29)28-30-24-26-31(27-25-30)35-20-11-12-21-36(35)40-44-46-48(45-40)41(32-14-5-2-6-15-32,33-16-7-3-8-17-33)34-18-9-4-10-19-34/h2-27H,28,42H2,1H3. The largest absolute Gasteiger partial charge is 0.397 e. The van der Waals surface area contributed by atoms with Crippen LogP contribution in [0.1, 0.15) is 28.1 Å². The van der Waals surface area contributed by atoms with E-state index in [-0.39, 0.29) is 0 Å². The molecule has 2 aromatic heterocycles. The van der Waals surface area contributed by atoms with E-state index in [0.29, 0.717) is 12.4 Å². The molecule has 8 rings (SSSR count). The number of para-hydroxylation sites is 1. The second-order valence-electron chi connectivity index (χ2n) is 11.9. The molecule has 2 heterocycles. The first-order valence-corrected chi connectivity index (χ1v) is 16.0. The topological polar surface area (TPSA) is 87.4 Å². The molecule has 6 aromatic carbocycles. The minimum absolute atomic E-state index is 0.554. The van der Waals surface area contributed by atoms with Crippen LogP contribution in [0.4, 0.5) is 5.69 Å². The molecule has 0 atom stereocenters.